The van der Waals surface area contributed by atoms with Gasteiger partial charge in [0.15, 0.2) is 5.82 Å². The SMILES string of the molecule is CC(C)c1[nH]n(-c2c(Cl)cc(Cl)cc2Cl)c2nc(Cc3ccc(NC(=O)NCC4CCCO4)cc3)nc(=O)c1-2. The van der Waals surface area contributed by atoms with Crippen molar-refractivity contribution in [1.29, 1.82) is 0 Å². The molecule has 39 heavy (non-hydrogen) atoms. The van der Waals surface area contributed by atoms with Crippen LogP contribution in [0.3, 0.4) is 0 Å². The fourth-order valence-electron chi connectivity index (χ4n) is 4.58. The van der Waals surface area contributed by atoms with Crippen LogP contribution in [0.4, 0.5) is 10.5 Å². The van der Waals surface area contributed by atoms with Crippen LogP contribution >= 0.6 is 34.8 Å². The summed E-state index contributed by atoms with van der Waals surface area (Å²) in [7, 11) is 0. The highest BCUT2D eigenvalue weighted by atomic mass is 35.5. The highest BCUT2D eigenvalue weighted by Crippen LogP contribution is 2.36. The first kappa shape index (κ1) is 27.5. The van der Waals surface area contributed by atoms with Crippen molar-refractivity contribution in [2.75, 3.05) is 18.5 Å². The van der Waals surface area contributed by atoms with Gasteiger partial charge >= 0.3 is 6.03 Å². The summed E-state index contributed by atoms with van der Waals surface area (Å²) in [5, 5.41) is 9.90. The number of rotatable bonds is 7. The predicted octanol–water partition coefficient (Wildman–Crippen LogP) is 6.04. The van der Waals surface area contributed by atoms with Crippen molar-refractivity contribution in [3.63, 3.8) is 0 Å². The summed E-state index contributed by atoms with van der Waals surface area (Å²) in [5.74, 6) is 0.705. The molecule has 204 valence electrons. The van der Waals surface area contributed by atoms with E-state index in [1.54, 1.807) is 28.9 Å². The molecule has 0 aliphatic carbocycles. The van der Waals surface area contributed by atoms with Gasteiger partial charge < -0.3 is 15.4 Å². The van der Waals surface area contributed by atoms with Crippen molar-refractivity contribution in [3.05, 3.63) is 78.9 Å². The van der Waals surface area contributed by atoms with E-state index in [-0.39, 0.29) is 18.1 Å². The molecule has 0 spiro atoms. The van der Waals surface area contributed by atoms with Crippen LogP contribution in [0.5, 0.6) is 0 Å². The molecule has 9 nitrogen and oxygen atoms in total. The Kier molecular flexibility index (Phi) is 8.13. The molecule has 3 aliphatic rings. The van der Waals surface area contributed by atoms with Crippen molar-refractivity contribution >= 4 is 46.5 Å². The van der Waals surface area contributed by atoms with Gasteiger partial charge in [0, 0.05) is 30.3 Å². The zero-order valence-electron chi connectivity index (χ0n) is 21.4. The van der Waals surface area contributed by atoms with E-state index in [1.807, 2.05) is 26.0 Å². The van der Waals surface area contributed by atoms with Gasteiger partial charge in [0.2, 0.25) is 0 Å². The molecule has 2 aromatic rings. The van der Waals surface area contributed by atoms with Crippen LogP contribution in [-0.2, 0) is 11.2 Å². The van der Waals surface area contributed by atoms with E-state index >= 15 is 0 Å². The quantitative estimate of drug-likeness (QED) is 0.243. The van der Waals surface area contributed by atoms with E-state index in [0.29, 0.717) is 62.3 Å². The fourth-order valence-corrected chi connectivity index (χ4v) is 5.57. The van der Waals surface area contributed by atoms with Crippen molar-refractivity contribution in [3.8, 4) is 17.1 Å². The van der Waals surface area contributed by atoms with Gasteiger partial charge in [0.05, 0.1) is 21.8 Å². The molecule has 1 fully saturated rings. The van der Waals surface area contributed by atoms with Crippen LogP contribution in [0.1, 0.15) is 49.7 Å². The minimum Gasteiger partial charge on any atom is -0.376 e. The number of hydrogen-bond acceptors (Lipinski definition) is 5. The molecule has 0 radical (unpaired) electrons. The summed E-state index contributed by atoms with van der Waals surface area (Å²) >= 11 is 19.1. The van der Waals surface area contributed by atoms with E-state index in [0.717, 1.165) is 25.0 Å². The molecule has 12 heteroatoms. The summed E-state index contributed by atoms with van der Waals surface area (Å²) in [6, 6.07) is 10.2. The fraction of sp³-hybridized carbons (Fsp3) is 0.333. The Hall–Kier alpha value is -3.11. The molecule has 1 atom stereocenters. The van der Waals surface area contributed by atoms with E-state index in [9.17, 15) is 9.59 Å². The molecule has 1 saturated heterocycles. The summed E-state index contributed by atoms with van der Waals surface area (Å²) in [6.07, 6.45) is 2.35. The third kappa shape index (κ3) is 6.06. The maximum atomic E-state index is 13.2. The highest BCUT2D eigenvalue weighted by Gasteiger charge is 2.27. The summed E-state index contributed by atoms with van der Waals surface area (Å²) < 4.78 is 7.14. The number of nitrogens with zero attached hydrogens (tertiary/aromatic N) is 3. The predicted molar refractivity (Wildman–Crippen MR) is 153 cm³/mol. The zero-order chi connectivity index (χ0) is 27.7. The van der Waals surface area contributed by atoms with Gasteiger partial charge in [-0.1, -0.05) is 60.8 Å². The number of H-pyrrole nitrogens is 1. The molecule has 1 unspecified atom stereocenters. The molecule has 2 aromatic carbocycles. The van der Waals surface area contributed by atoms with E-state index in [2.05, 4.69) is 20.7 Å². The number of fused-ring (bicyclic) bond motifs is 1. The minimum absolute atomic E-state index is 0.0105. The van der Waals surface area contributed by atoms with Crippen LogP contribution in [0.2, 0.25) is 15.1 Å². The van der Waals surface area contributed by atoms with Crippen LogP contribution in [0.15, 0.2) is 41.2 Å². The second kappa shape index (κ2) is 11.6. The van der Waals surface area contributed by atoms with E-state index in [4.69, 9.17) is 44.5 Å². The lowest BCUT2D eigenvalue weighted by atomic mass is 10.1. The molecular formula is C27H27Cl3N6O3. The first-order valence-corrected chi connectivity index (χ1v) is 13.7. The Morgan fingerprint density at radius 1 is 1.15 bits per heavy atom. The number of urea groups is 1. The Morgan fingerprint density at radius 2 is 1.87 bits per heavy atom. The number of nitrogens with one attached hydrogen (secondary N) is 3. The summed E-state index contributed by atoms with van der Waals surface area (Å²) in [4.78, 5) is 34.4. The zero-order valence-corrected chi connectivity index (χ0v) is 23.6. The largest absolute Gasteiger partial charge is 0.376 e. The first-order chi connectivity index (χ1) is 18.7. The number of carbonyl (C=O) groups is 1. The lowest BCUT2D eigenvalue weighted by Crippen LogP contribution is -2.35. The lowest BCUT2D eigenvalue weighted by Gasteiger charge is -2.12. The van der Waals surface area contributed by atoms with Crippen molar-refractivity contribution in [2.45, 2.75) is 45.1 Å². The topological polar surface area (TPSA) is 114 Å². The smallest absolute Gasteiger partial charge is 0.319 e. The third-order valence-electron chi connectivity index (χ3n) is 6.49. The highest BCUT2D eigenvalue weighted by molar-refractivity contribution is 6.40. The lowest BCUT2D eigenvalue weighted by molar-refractivity contribution is 0.112. The van der Waals surface area contributed by atoms with Gasteiger partial charge in [0.25, 0.3) is 5.56 Å². The van der Waals surface area contributed by atoms with Gasteiger partial charge in [0.1, 0.15) is 17.1 Å². The molecule has 0 saturated carbocycles. The standard InChI is InChI=1S/C27H27Cl3N6O3/c1-14(2)23-22-25(36(35-23)24-19(29)11-16(28)12-20(24)30)33-21(34-26(22)37)10-15-5-7-17(8-6-15)32-27(38)31-13-18-4-3-9-39-18/h5-8,11-12,14,18,35H,3-4,9-10,13H2,1-2H3,(H2,31,32,38). The molecule has 5 rings (SSSR count). The maximum absolute atomic E-state index is 13.2. The summed E-state index contributed by atoms with van der Waals surface area (Å²) in [5.41, 5.74) is 2.61. The van der Waals surface area contributed by atoms with Crippen LogP contribution < -0.4 is 16.2 Å². The van der Waals surface area contributed by atoms with Gasteiger partial charge in [-0.3, -0.25) is 9.89 Å². The van der Waals surface area contributed by atoms with Gasteiger partial charge in [-0.15, -0.1) is 0 Å². The average Bonchev–Trinajstić information content (AvgIpc) is 3.52. The normalized spacial score (nSPS) is 15.3. The van der Waals surface area contributed by atoms with Crippen molar-refractivity contribution in [1.82, 2.24) is 25.1 Å². The Bertz CT molecular complexity index is 1500. The molecule has 3 aliphatic heterocycles. The van der Waals surface area contributed by atoms with Gasteiger partial charge in [-0.25, -0.2) is 14.5 Å². The molecule has 3 heterocycles. The van der Waals surface area contributed by atoms with E-state index < -0.39 is 5.56 Å². The number of amides is 2. The molecule has 3 N–H and O–H groups in total. The number of halogens is 3. The number of aromatic nitrogens is 4. The van der Waals surface area contributed by atoms with Gasteiger partial charge in [-0.2, -0.15) is 4.98 Å². The monoisotopic (exact) mass is 588 g/mol. The number of benzene rings is 2. The van der Waals surface area contributed by atoms with Gasteiger partial charge in [-0.05, 0) is 48.6 Å². The Labute approximate surface area is 240 Å². The molecular weight excluding hydrogens is 563 g/mol. The second-order valence-electron chi connectivity index (χ2n) is 9.72. The summed E-state index contributed by atoms with van der Waals surface area (Å²) in [6.45, 7) is 5.15. The van der Waals surface area contributed by atoms with Crippen LogP contribution in [0.25, 0.3) is 17.1 Å². The number of ether oxygens (including phenoxy) is 1. The number of hydrogen-bond donors (Lipinski definition) is 3. The molecule has 2 amide bonds. The van der Waals surface area contributed by atoms with Crippen molar-refractivity contribution < 1.29 is 9.53 Å². The van der Waals surface area contributed by atoms with E-state index in [1.165, 1.54) is 0 Å². The number of anilines is 1. The Balaban J connectivity index is 1.39. The van der Waals surface area contributed by atoms with Crippen LogP contribution in [-0.4, -0.2) is 45.0 Å². The Morgan fingerprint density at radius 3 is 2.51 bits per heavy atom. The maximum Gasteiger partial charge on any atom is 0.319 e. The molecule has 0 bridgehead atoms. The average molecular weight is 590 g/mol. The second-order valence-corrected chi connectivity index (χ2v) is 11.0. The molecule has 0 aromatic heterocycles. The number of aromatic amines is 1. The third-order valence-corrected chi connectivity index (χ3v) is 7.28. The first-order valence-electron chi connectivity index (χ1n) is 12.6. The van der Waals surface area contributed by atoms with Crippen LogP contribution in [0, 0.1) is 0 Å². The minimum atomic E-state index is -0.392. The van der Waals surface area contributed by atoms with Crippen molar-refractivity contribution in [2.24, 2.45) is 0 Å². The number of carbonyl (C=O) groups excluding carboxylic acids is 1.